The second-order valence-corrected chi connectivity index (χ2v) is 11.1. The van der Waals surface area contributed by atoms with Gasteiger partial charge in [0.1, 0.15) is 0 Å². The van der Waals surface area contributed by atoms with Crippen LogP contribution in [0.25, 0.3) is 17.0 Å². The van der Waals surface area contributed by atoms with E-state index in [2.05, 4.69) is 93.5 Å². The first-order chi connectivity index (χ1) is 19.5. The topological polar surface area (TPSA) is 60.5 Å². The highest BCUT2D eigenvalue weighted by atomic mass is 32.1. The van der Waals surface area contributed by atoms with Gasteiger partial charge in [0.05, 0.1) is 11.3 Å². The number of pyridine rings is 1. The van der Waals surface area contributed by atoms with E-state index in [1.807, 2.05) is 30.3 Å². The maximum absolute atomic E-state index is 13.2. The Hall–Kier alpha value is -3.78. The van der Waals surface area contributed by atoms with Gasteiger partial charge < -0.3 is 15.5 Å². The number of anilines is 2. The molecule has 0 bridgehead atoms. The van der Waals surface area contributed by atoms with Crippen molar-refractivity contribution in [1.29, 1.82) is 0 Å². The SMILES string of the molecule is CC/C=C(\Nc1ccc(C)c(-c2ccc(C(=O)Nc3ccccc3CN3CCN(C)CC3)cn2)c1)c1ccsc1. The summed E-state index contributed by atoms with van der Waals surface area (Å²) in [5.74, 6) is -0.151. The molecule has 1 amide bonds. The van der Waals surface area contributed by atoms with E-state index in [-0.39, 0.29) is 5.91 Å². The van der Waals surface area contributed by atoms with Gasteiger partial charge in [-0.25, -0.2) is 0 Å². The van der Waals surface area contributed by atoms with Gasteiger partial charge in [-0.2, -0.15) is 11.3 Å². The van der Waals surface area contributed by atoms with Gasteiger partial charge in [0.25, 0.3) is 5.91 Å². The first-order valence-electron chi connectivity index (χ1n) is 13.9. The summed E-state index contributed by atoms with van der Waals surface area (Å²) in [5.41, 5.74) is 8.82. The lowest BCUT2D eigenvalue weighted by Crippen LogP contribution is -2.43. The van der Waals surface area contributed by atoms with Crippen molar-refractivity contribution in [2.75, 3.05) is 43.9 Å². The number of aromatic nitrogens is 1. The number of amides is 1. The van der Waals surface area contributed by atoms with Gasteiger partial charge in [-0.15, -0.1) is 0 Å². The molecule has 1 saturated heterocycles. The van der Waals surface area contributed by atoms with E-state index in [1.54, 1.807) is 17.5 Å². The van der Waals surface area contributed by atoms with Crippen molar-refractivity contribution in [3.8, 4) is 11.3 Å². The van der Waals surface area contributed by atoms with Gasteiger partial charge in [0.15, 0.2) is 0 Å². The second-order valence-electron chi connectivity index (χ2n) is 10.3. The number of nitrogens with one attached hydrogen (secondary N) is 2. The second kappa shape index (κ2) is 13.0. The molecule has 1 aliphatic heterocycles. The Morgan fingerprint density at radius 2 is 1.82 bits per heavy atom. The summed E-state index contributed by atoms with van der Waals surface area (Å²) in [6.45, 7) is 9.25. The van der Waals surface area contributed by atoms with Gasteiger partial charge in [0, 0.05) is 72.5 Å². The molecule has 0 saturated carbocycles. The number of piperazine rings is 1. The molecule has 0 spiro atoms. The number of benzene rings is 2. The van der Waals surface area contributed by atoms with Crippen LogP contribution in [-0.2, 0) is 6.54 Å². The fourth-order valence-electron chi connectivity index (χ4n) is 4.90. The van der Waals surface area contributed by atoms with E-state index < -0.39 is 0 Å². The number of carbonyl (C=O) groups excluding carboxylic acids is 1. The number of thiophene rings is 1. The highest BCUT2D eigenvalue weighted by Gasteiger charge is 2.17. The number of likely N-dealkylation sites (N-methyl/N-ethyl adjacent to an activating group) is 1. The lowest BCUT2D eigenvalue weighted by molar-refractivity contribution is 0.102. The zero-order valence-electron chi connectivity index (χ0n) is 23.5. The van der Waals surface area contributed by atoms with E-state index in [0.717, 1.165) is 78.6 Å². The highest BCUT2D eigenvalue weighted by Crippen LogP contribution is 2.28. The van der Waals surface area contributed by atoms with Crippen molar-refractivity contribution in [2.45, 2.75) is 26.8 Å². The van der Waals surface area contributed by atoms with Crippen LogP contribution < -0.4 is 10.6 Å². The smallest absolute Gasteiger partial charge is 0.257 e. The summed E-state index contributed by atoms with van der Waals surface area (Å²) in [5, 5.41) is 10.9. The summed E-state index contributed by atoms with van der Waals surface area (Å²) in [7, 11) is 2.16. The van der Waals surface area contributed by atoms with Gasteiger partial charge in [-0.3, -0.25) is 14.7 Å². The van der Waals surface area contributed by atoms with Crippen LogP contribution in [0.2, 0.25) is 0 Å². The van der Waals surface area contributed by atoms with Crippen LogP contribution in [0.15, 0.2) is 83.7 Å². The van der Waals surface area contributed by atoms with Gasteiger partial charge in [0.2, 0.25) is 0 Å². The van der Waals surface area contributed by atoms with Crippen molar-refractivity contribution < 1.29 is 4.79 Å². The Morgan fingerprint density at radius 1 is 1.00 bits per heavy atom. The molecular formula is C33H37N5OS. The molecule has 0 unspecified atom stereocenters. The van der Waals surface area contributed by atoms with Crippen molar-refractivity contribution in [3.05, 3.63) is 106 Å². The van der Waals surface area contributed by atoms with Crippen LogP contribution in [0.3, 0.4) is 0 Å². The lowest BCUT2D eigenvalue weighted by atomic mass is 10.0. The lowest BCUT2D eigenvalue weighted by Gasteiger charge is -2.32. The highest BCUT2D eigenvalue weighted by molar-refractivity contribution is 7.08. The molecule has 206 valence electrons. The number of para-hydroxylation sites is 1. The van der Waals surface area contributed by atoms with Crippen LogP contribution in [0.4, 0.5) is 11.4 Å². The third kappa shape index (κ3) is 6.86. The van der Waals surface area contributed by atoms with Crippen LogP contribution in [-0.4, -0.2) is 53.9 Å². The molecule has 4 aromatic rings. The molecule has 7 heteroatoms. The van der Waals surface area contributed by atoms with E-state index in [0.29, 0.717) is 5.56 Å². The third-order valence-electron chi connectivity index (χ3n) is 7.31. The summed E-state index contributed by atoms with van der Waals surface area (Å²) < 4.78 is 0. The van der Waals surface area contributed by atoms with Crippen molar-refractivity contribution >= 4 is 34.3 Å². The number of hydrogen-bond acceptors (Lipinski definition) is 6. The summed E-state index contributed by atoms with van der Waals surface area (Å²) in [6, 6.07) is 20.3. The van der Waals surface area contributed by atoms with Crippen molar-refractivity contribution in [2.24, 2.45) is 0 Å². The minimum atomic E-state index is -0.151. The number of carbonyl (C=O) groups is 1. The van der Waals surface area contributed by atoms with Gasteiger partial charge in [-0.1, -0.05) is 37.3 Å². The zero-order valence-corrected chi connectivity index (χ0v) is 24.3. The molecule has 6 nitrogen and oxygen atoms in total. The fraction of sp³-hybridized carbons (Fsp3) is 0.273. The molecule has 2 N–H and O–H groups in total. The average molecular weight is 552 g/mol. The molecule has 0 radical (unpaired) electrons. The number of nitrogens with zero attached hydrogens (tertiary/aromatic N) is 3. The predicted octanol–water partition coefficient (Wildman–Crippen LogP) is 6.98. The minimum absolute atomic E-state index is 0.151. The minimum Gasteiger partial charge on any atom is -0.355 e. The molecule has 5 rings (SSSR count). The molecule has 3 heterocycles. The predicted molar refractivity (Wildman–Crippen MR) is 168 cm³/mol. The Labute approximate surface area is 241 Å². The normalized spacial score (nSPS) is 14.7. The van der Waals surface area contributed by atoms with Crippen molar-refractivity contribution in [1.82, 2.24) is 14.8 Å². The molecule has 0 aliphatic carbocycles. The fourth-order valence-corrected chi connectivity index (χ4v) is 5.56. The van der Waals surface area contributed by atoms with E-state index in [4.69, 9.17) is 0 Å². The molecular weight excluding hydrogens is 514 g/mol. The Balaban J connectivity index is 1.29. The number of allylic oxidation sites excluding steroid dienone is 1. The molecule has 2 aromatic carbocycles. The molecule has 1 aliphatic rings. The third-order valence-corrected chi connectivity index (χ3v) is 8.00. The van der Waals surface area contributed by atoms with Crippen LogP contribution in [0.5, 0.6) is 0 Å². The standard InChI is InChI=1S/C33H37N5OS/c1-4-7-30(27-14-19-40-23-27)35-28-12-10-24(2)29(20-28)32-13-11-25(21-34-32)33(39)36-31-9-6-5-8-26(31)22-38-17-15-37(3)16-18-38/h5-14,19-21,23,35H,4,15-18,22H2,1-3H3,(H,36,39)/b30-7-. The monoisotopic (exact) mass is 551 g/mol. The van der Waals surface area contributed by atoms with Gasteiger partial charge >= 0.3 is 0 Å². The summed E-state index contributed by atoms with van der Waals surface area (Å²) in [4.78, 5) is 22.7. The number of aryl methyl sites for hydroxylation is 1. The Kier molecular flexibility index (Phi) is 9.06. The van der Waals surface area contributed by atoms with Crippen LogP contribution in [0.1, 0.15) is 40.4 Å². The molecule has 2 aromatic heterocycles. The summed E-state index contributed by atoms with van der Waals surface area (Å²) >= 11 is 1.69. The quantitative estimate of drug-likeness (QED) is 0.235. The Bertz CT molecular complexity index is 1450. The first kappa shape index (κ1) is 27.8. The maximum atomic E-state index is 13.2. The Morgan fingerprint density at radius 3 is 2.55 bits per heavy atom. The molecule has 1 fully saturated rings. The molecule has 40 heavy (non-hydrogen) atoms. The number of rotatable bonds is 9. The first-order valence-corrected chi connectivity index (χ1v) is 14.8. The van der Waals surface area contributed by atoms with E-state index >= 15 is 0 Å². The van der Waals surface area contributed by atoms with Crippen LogP contribution >= 0.6 is 11.3 Å². The van der Waals surface area contributed by atoms with Crippen molar-refractivity contribution in [3.63, 3.8) is 0 Å². The largest absolute Gasteiger partial charge is 0.355 e. The van der Waals surface area contributed by atoms with Gasteiger partial charge in [-0.05, 0) is 73.3 Å². The van der Waals surface area contributed by atoms with E-state index in [9.17, 15) is 4.79 Å². The summed E-state index contributed by atoms with van der Waals surface area (Å²) in [6.07, 6.45) is 4.82. The number of hydrogen-bond donors (Lipinski definition) is 2. The zero-order chi connectivity index (χ0) is 27.9. The molecule has 0 atom stereocenters. The van der Waals surface area contributed by atoms with Crippen LogP contribution in [0, 0.1) is 6.92 Å². The van der Waals surface area contributed by atoms with E-state index in [1.165, 1.54) is 5.56 Å². The average Bonchev–Trinajstić information content (AvgIpc) is 3.51. The maximum Gasteiger partial charge on any atom is 0.257 e.